The van der Waals surface area contributed by atoms with Gasteiger partial charge in [0.2, 0.25) is 0 Å². The van der Waals surface area contributed by atoms with Gasteiger partial charge in [0, 0.05) is 42.3 Å². The highest BCUT2D eigenvalue weighted by Gasteiger charge is 2.31. The first-order valence-electron chi connectivity index (χ1n) is 8.33. The first kappa shape index (κ1) is 17.9. The number of amides is 1. The van der Waals surface area contributed by atoms with Crippen LogP contribution in [0.1, 0.15) is 10.4 Å². The quantitative estimate of drug-likeness (QED) is 0.581. The summed E-state index contributed by atoms with van der Waals surface area (Å²) < 4.78 is 44.6. The minimum absolute atomic E-state index is 0.208. The molecule has 0 unspecified atom stereocenters. The van der Waals surface area contributed by atoms with E-state index in [0.717, 1.165) is 16.3 Å². The number of aromatic nitrogens is 3. The number of carbonyl (C=O) groups excluding carboxylic acids is 1. The number of aryl methyl sites for hydroxylation is 1. The predicted molar refractivity (Wildman–Crippen MR) is 97.6 cm³/mol. The molecule has 9 heteroatoms. The number of halogens is 3. The van der Waals surface area contributed by atoms with Gasteiger partial charge in [0.1, 0.15) is 5.75 Å². The van der Waals surface area contributed by atoms with Crippen LogP contribution in [0, 0.1) is 0 Å². The fourth-order valence-electron chi connectivity index (χ4n) is 3.24. The van der Waals surface area contributed by atoms with Crippen LogP contribution in [0.25, 0.3) is 27.6 Å². The van der Waals surface area contributed by atoms with Crippen molar-refractivity contribution in [3.8, 4) is 11.4 Å². The minimum Gasteiger partial charge on any atom is -0.406 e. The molecule has 2 aromatic heterocycles. The number of fused-ring (bicyclic) bond motifs is 3. The first-order valence-corrected chi connectivity index (χ1v) is 8.33. The van der Waals surface area contributed by atoms with E-state index >= 15 is 0 Å². The van der Waals surface area contributed by atoms with Crippen molar-refractivity contribution in [2.24, 2.45) is 7.05 Å². The van der Waals surface area contributed by atoms with E-state index in [1.165, 1.54) is 24.3 Å². The molecule has 0 fully saturated rings. The average Bonchev–Trinajstić information content (AvgIpc) is 3.15. The van der Waals surface area contributed by atoms with Gasteiger partial charge in [0.05, 0.1) is 5.52 Å². The smallest absolute Gasteiger partial charge is 0.406 e. The van der Waals surface area contributed by atoms with Crippen molar-refractivity contribution in [1.29, 1.82) is 0 Å². The van der Waals surface area contributed by atoms with Crippen molar-refractivity contribution < 1.29 is 22.7 Å². The van der Waals surface area contributed by atoms with Gasteiger partial charge in [-0.15, -0.1) is 13.2 Å². The Kier molecular flexibility index (Phi) is 4.02. The van der Waals surface area contributed by atoms with Crippen LogP contribution in [0.4, 0.5) is 13.2 Å². The zero-order valence-corrected chi connectivity index (χ0v) is 14.9. The predicted octanol–water partition coefficient (Wildman–Crippen LogP) is 3.78. The molecule has 0 aliphatic carbocycles. The summed E-state index contributed by atoms with van der Waals surface area (Å²) in [5.74, 6) is -0.507. The summed E-state index contributed by atoms with van der Waals surface area (Å²) in [6, 6.07) is 10.8. The Labute approximate surface area is 157 Å². The zero-order valence-electron chi connectivity index (χ0n) is 14.9. The van der Waals surface area contributed by atoms with E-state index in [4.69, 9.17) is 0 Å². The molecule has 0 aliphatic rings. The van der Waals surface area contributed by atoms with Crippen LogP contribution in [0.2, 0.25) is 0 Å². The van der Waals surface area contributed by atoms with Crippen molar-refractivity contribution in [2.45, 2.75) is 6.36 Å². The lowest BCUT2D eigenvalue weighted by molar-refractivity contribution is -0.274. The van der Waals surface area contributed by atoms with Gasteiger partial charge < -0.3 is 10.1 Å². The van der Waals surface area contributed by atoms with Crippen LogP contribution < -0.4 is 10.1 Å². The Balaban J connectivity index is 1.89. The third-order valence-electron chi connectivity index (χ3n) is 4.37. The minimum atomic E-state index is -4.74. The number of hydrogen-bond acceptors (Lipinski definition) is 3. The molecule has 0 radical (unpaired) electrons. The van der Waals surface area contributed by atoms with Gasteiger partial charge in [0.25, 0.3) is 5.91 Å². The summed E-state index contributed by atoms with van der Waals surface area (Å²) in [5.41, 5.74) is 2.55. The maximum Gasteiger partial charge on any atom is 0.573 e. The Hall–Kier alpha value is -3.49. The highest BCUT2D eigenvalue weighted by atomic mass is 19.4. The molecule has 144 valence electrons. The average molecular weight is 388 g/mol. The number of carbonyl (C=O) groups is 1. The summed E-state index contributed by atoms with van der Waals surface area (Å²) in [6.07, 6.45) is -2.91. The number of ether oxygens (including phenoxy) is 1. The molecule has 0 saturated heterocycles. The molecular weight excluding hydrogens is 373 g/mol. The Morgan fingerprint density at radius 1 is 1.11 bits per heavy atom. The van der Waals surface area contributed by atoms with Crippen molar-refractivity contribution in [1.82, 2.24) is 19.7 Å². The van der Waals surface area contributed by atoms with Crippen LogP contribution in [-0.2, 0) is 7.05 Å². The van der Waals surface area contributed by atoms with Crippen LogP contribution in [0.15, 0.2) is 48.7 Å². The van der Waals surface area contributed by atoms with Gasteiger partial charge in [-0.25, -0.2) is 0 Å². The summed E-state index contributed by atoms with van der Waals surface area (Å²) in [7, 11) is 3.33. The number of rotatable bonds is 3. The Morgan fingerprint density at radius 2 is 1.82 bits per heavy atom. The molecule has 2 aromatic carbocycles. The fourth-order valence-corrected chi connectivity index (χ4v) is 3.24. The largest absolute Gasteiger partial charge is 0.573 e. The van der Waals surface area contributed by atoms with E-state index < -0.39 is 6.36 Å². The van der Waals surface area contributed by atoms with Crippen LogP contribution >= 0.6 is 0 Å². The van der Waals surface area contributed by atoms with E-state index in [1.807, 2.05) is 10.8 Å². The topological polar surface area (TPSA) is 61.1 Å². The van der Waals surface area contributed by atoms with Gasteiger partial charge in [0.15, 0.2) is 5.65 Å². The highest BCUT2D eigenvalue weighted by molar-refractivity contribution is 6.10. The monoisotopic (exact) mass is 388 g/mol. The van der Waals surface area contributed by atoms with Gasteiger partial charge in [-0.1, -0.05) is 0 Å². The second-order valence-corrected chi connectivity index (χ2v) is 6.23. The third kappa shape index (κ3) is 3.04. The van der Waals surface area contributed by atoms with Crippen LogP contribution in [0.3, 0.4) is 0 Å². The summed E-state index contributed by atoms with van der Waals surface area (Å²) in [4.78, 5) is 12.0. The van der Waals surface area contributed by atoms with Crippen molar-refractivity contribution in [3.63, 3.8) is 0 Å². The molecule has 4 rings (SSSR count). The number of benzene rings is 2. The van der Waals surface area contributed by atoms with Crippen LogP contribution in [0.5, 0.6) is 5.75 Å². The lowest BCUT2D eigenvalue weighted by atomic mass is 10.1. The SMILES string of the molecule is CNC(=O)c1ccc2c(c1)c1cn(C)nc1n2-c1ccc(OC(F)(F)F)cc1. The molecule has 0 bridgehead atoms. The molecule has 1 amide bonds. The van der Waals surface area contributed by atoms with Gasteiger partial charge in [-0.05, 0) is 42.5 Å². The Morgan fingerprint density at radius 3 is 2.46 bits per heavy atom. The summed E-state index contributed by atoms with van der Waals surface area (Å²) in [5, 5.41) is 8.71. The maximum absolute atomic E-state index is 12.4. The van der Waals surface area contributed by atoms with E-state index in [1.54, 1.807) is 37.0 Å². The third-order valence-corrected chi connectivity index (χ3v) is 4.37. The Bertz CT molecular complexity index is 1190. The molecular formula is C19H15F3N4O2. The number of alkyl halides is 3. The maximum atomic E-state index is 12.4. The van der Waals surface area contributed by atoms with Crippen molar-refractivity contribution in [2.75, 3.05) is 7.05 Å². The fraction of sp³-hybridized carbons (Fsp3) is 0.158. The van der Waals surface area contributed by atoms with Gasteiger partial charge >= 0.3 is 6.36 Å². The van der Waals surface area contributed by atoms with Crippen LogP contribution in [-0.4, -0.2) is 33.7 Å². The highest BCUT2D eigenvalue weighted by Crippen LogP contribution is 2.33. The lowest BCUT2D eigenvalue weighted by Gasteiger charge is -2.11. The lowest BCUT2D eigenvalue weighted by Crippen LogP contribution is -2.17. The number of nitrogens with zero attached hydrogens (tertiary/aromatic N) is 3. The van der Waals surface area contributed by atoms with E-state index in [0.29, 0.717) is 16.9 Å². The van der Waals surface area contributed by atoms with Crippen molar-refractivity contribution >= 4 is 27.8 Å². The molecule has 1 N–H and O–H groups in total. The number of nitrogens with one attached hydrogen (secondary N) is 1. The summed E-state index contributed by atoms with van der Waals surface area (Å²) in [6.45, 7) is 0. The molecule has 6 nitrogen and oxygen atoms in total. The van der Waals surface area contributed by atoms with E-state index in [9.17, 15) is 18.0 Å². The molecule has 0 atom stereocenters. The molecule has 2 heterocycles. The van der Waals surface area contributed by atoms with E-state index in [2.05, 4.69) is 15.2 Å². The summed E-state index contributed by atoms with van der Waals surface area (Å²) >= 11 is 0. The molecule has 28 heavy (non-hydrogen) atoms. The van der Waals surface area contributed by atoms with Gasteiger partial charge in [-0.2, -0.15) is 5.10 Å². The normalized spacial score (nSPS) is 11.9. The number of hydrogen-bond donors (Lipinski definition) is 1. The standard InChI is InChI=1S/C19H15F3N4O2/c1-23-18(27)11-3-8-16-14(9-11)15-10-25(2)24-17(15)26(16)12-4-6-13(7-5-12)28-19(20,21)22/h3-10H,1-2H3,(H,23,27). The second kappa shape index (κ2) is 6.29. The molecule has 0 aliphatic heterocycles. The first-order chi connectivity index (χ1) is 13.3. The van der Waals surface area contributed by atoms with Gasteiger partial charge in [-0.3, -0.25) is 14.0 Å². The zero-order chi connectivity index (χ0) is 20.1. The van der Waals surface area contributed by atoms with Crippen molar-refractivity contribution in [3.05, 3.63) is 54.2 Å². The molecule has 0 spiro atoms. The molecule has 4 aromatic rings. The van der Waals surface area contributed by atoms with E-state index in [-0.39, 0.29) is 11.7 Å². The second-order valence-electron chi connectivity index (χ2n) is 6.23. The molecule has 0 saturated carbocycles.